The number of aromatic amines is 1. The van der Waals surface area contributed by atoms with Crippen molar-refractivity contribution in [2.45, 2.75) is 39.3 Å². The van der Waals surface area contributed by atoms with Gasteiger partial charge in [-0.05, 0) is 40.5 Å². The number of tetrazole rings is 1. The fourth-order valence-corrected chi connectivity index (χ4v) is 5.37. The molecule has 0 spiro atoms. The lowest BCUT2D eigenvalue weighted by molar-refractivity contribution is 0.579. The van der Waals surface area contributed by atoms with E-state index in [2.05, 4.69) is 20.6 Å². The fourth-order valence-electron chi connectivity index (χ4n) is 5.37. The first-order valence-corrected chi connectivity index (χ1v) is 13.5. The van der Waals surface area contributed by atoms with Gasteiger partial charge in [-0.15, -0.1) is 10.2 Å². The standard InChI is InChI=1S/C31H30N8O2/c1-19(2)28-32-29-26(30(40)37(4)31(41)39(29)20(3)22-11-7-5-8-12-22)38(28)18-21-15-16-24(23-13-9-6-10-14-23)25(17-21)27-33-35-36-34-27/h5-17,19-20H,18H2,1-4H3,(H,33,34,35,36). The van der Waals surface area contributed by atoms with E-state index < -0.39 is 5.69 Å². The lowest BCUT2D eigenvalue weighted by Crippen LogP contribution is -2.40. The molecule has 0 radical (unpaired) electrons. The molecule has 0 saturated carbocycles. The van der Waals surface area contributed by atoms with E-state index in [0.717, 1.165) is 33.6 Å². The molecule has 0 saturated heterocycles. The fraction of sp³-hybridized carbons (Fsp3) is 0.226. The summed E-state index contributed by atoms with van der Waals surface area (Å²) in [5.41, 5.74) is 4.72. The molecular formula is C31H30N8O2. The van der Waals surface area contributed by atoms with Crippen LogP contribution in [0.15, 0.2) is 88.5 Å². The van der Waals surface area contributed by atoms with Gasteiger partial charge in [0.05, 0.1) is 6.04 Å². The van der Waals surface area contributed by atoms with Gasteiger partial charge in [0.2, 0.25) is 5.82 Å². The van der Waals surface area contributed by atoms with Gasteiger partial charge in [0.1, 0.15) is 5.82 Å². The maximum absolute atomic E-state index is 13.7. The summed E-state index contributed by atoms with van der Waals surface area (Å²) >= 11 is 0. The smallest absolute Gasteiger partial charge is 0.317 e. The van der Waals surface area contributed by atoms with Crippen LogP contribution < -0.4 is 11.2 Å². The Bertz CT molecular complexity index is 1950. The van der Waals surface area contributed by atoms with Crippen LogP contribution in [-0.4, -0.2) is 39.3 Å². The van der Waals surface area contributed by atoms with Crippen molar-refractivity contribution < 1.29 is 0 Å². The summed E-state index contributed by atoms with van der Waals surface area (Å²) < 4.78 is 4.73. The minimum absolute atomic E-state index is 0.00274. The minimum atomic E-state index is -0.398. The molecule has 6 rings (SSSR count). The first-order valence-electron chi connectivity index (χ1n) is 13.5. The molecule has 0 aliphatic heterocycles. The van der Waals surface area contributed by atoms with E-state index in [0.29, 0.717) is 23.5 Å². The number of aromatic nitrogens is 8. The van der Waals surface area contributed by atoms with Crippen molar-refractivity contribution in [3.05, 3.63) is 117 Å². The second kappa shape index (κ2) is 10.5. The van der Waals surface area contributed by atoms with Gasteiger partial charge in [-0.1, -0.05) is 86.6 Å². The Morgan fingerprint density at radius 1 is 0.878 bits per heavy atom. The van der Waals surface area contributed by atoms with E-state index in [-0.39, 0.29) is 17.5 Å². The zero-order chi connectivity index (χ0) is 28.7. The van der Waals surface area contributed by atoms with Crippen molar-refractivity contribution in [1.29, 1.82) is 0 Å². The molecule has 10 heteroatoms. The molecule has 0 aliphatic rings. The van der Waals surface area contributed by atoms with Gasteiger partial charge in [-0.25, -0.2) is 9.78 Å². The van der Waals surface area contributed by atoms with Gasteiger partial charge < -0.3 is 4.57 Å². The van der Waals surface area contributed by atoms with E-state index >= 15 is 0 Å². The maximum atomic E-state index is 13.7. The molecule has 0 fully saturated rings. The number of imidazole rings is 1. The van der Waals surface area contributed by atoms with Crippen LogP contribution in [0.25, 0.3) is 33.7 Å². The second-order valence-corrected chi connectivity index (χ2v) is 10.5. The number of benzene rings is 3. The number of hydrogen-bond donors (Lipinski definition) is 1. The largest absolute Gasteiger partial charge is 0.333 e. The molecule has 6 aromatic rings. The summed E-state index contributed by atoms with van der Waals surface area (Å²) in [5.74, 6) is 1.21. The second-order valence-electron chi connectivity index (χ2n) is 10.5. The molecule has 0 amide bonds. The average Bonchev–Trinajstić information content (AvgIpc) is 3.66. The van der Waals surface area contributed by atoms with Crippen molar-refractivity contribution in [3.8, 4) is 22.5 Å². The number of rotatable bonds is 7. The minimum Gasteiger partial charge on any atom is -0.317 e. The molecule has 41 heavy (non-hydrogen) atoms. The quantitative estimate of drug-likeness (QED) is 0.315. The summed E-state index contributed by atoms with van der Waals surface area (Å²) in [7, 11) is 1.52. The Balaban J connectivity index is 1.55. The zero-order valence-electron chi connectivity index (χ0n) is 23.3. The van der Waals surface area contributed by atoms with Crippen molar-refractivity contribution in [2.75, 3.05) is 0 Å². The van der Waals surface area contributed by atoms with Gasteiger partial charge in [0, 0.05) is 25.1 Å². The summed E-state index contributed by atoms with van der Waals surface area (Å²) in [6.45, 7) is 6.40. The van der Waals surface area contributed by atoms with Crippen LogP contribution in [0.2, 0.25) is 0 Å². The average molecular weight is 547 g/mol. The van der Waals surface area contributed by atoms with Crippen LogP contribution in [0.4, 0.5) is 0 Å². The molecular weight excluding hydrogens is 516 g/mol. The van der Waals surface area contributed by atoms with Crippen LogP contribution in [-0.2, 0) is 13.6 Å². The van der Waals surface area contributed by atoms with Crippen LogP contribution >= 0.6 is 0 Å². The van der Waals surface area contributed by atoms with Gasteiger partial charge in [-0.3, -0.25) is 13.9 Å². The van der Waals surface area contributed by atoms with Gasteiger partial charge in [0.15, 0.2) is 11.2 Å². The number of H-pyrrole nitrogens is 1. The Morgan fingerprint density at radius 2 is 1.59 bits per heavy atom. The van der Waals surface area contributed by atoms with E-state index in [1.54, 1.807) is 4.57 Å². The maximum Gasteiger partial charge on any atom is 0.333 e. The van der Waals surface area contributed by atoms with E-state index in [9.17, 15) is 9.59 Å². The van der Waals surface area contributed by atoms with E-state index in [1.807, 2.05) is 104 Å². The van der Waals surface area contributed by atoms with Gasteiger partial charge >= 0.3 is 5.69 Å². The van der Waals surface area contributed by atoms with Crippen molar-refractivity contribution in [1.82, 2.24) is 39.3 Å². The topological polar surface area (TPSA) is 116 Å². The molecule has 0 aliphatic carbocycles. The van der Waals surface area contributed by atoms with Crippen LogP contribution in [0.1, 0.15) is 49.7 Å². The Kier molecular flexibility index (Phi) is 6.66. The number of nitrogens with zero attached hydrogens (tertiary/aromatic N) is 7. The molecule has 0 bridgehead atoms. The summed E-state index contributed by atoms with van der Waals surface area (Å²) in [4.78, 5) is 32.1. The highest BCUT2D eigenvalue weighted by Crippen LogP contribution is 2.32. The van der Waals surface area contributed by atoms with Crippen molar-refractivity contribution >= 4 is 11.2 Å². The van der Waals surface area contributed by atoms with Gasteiger partial charge in [0.25, 0.3) is 5.56 Å². The monoisotopic (exact) mass is 546 g/mol. The highest BCUT2D eigenvalue weighted by atomic mass is 16.2. The number of hydrogen-bond acceptors (Lipinski definition) is 6. The van der Waals surface area contributed by atoms with E-state index in [4.69, 9.17) is 4.98 Å². The Morgan fingerprint density at radius 3 is 2.24 bits per heavy atom. The first-order chi connectivity index (χ1) is 19.8. The number of fused-ring (bicyclic) bond motifs is 1. The zero-order valence-corrected chi connectivity index (χ0v) is 23.3. The van der Waals surface area contributed by atoms with Crippen molar-refractivity contribution in [3.63, 3.8) is 0 Å². The highest BCUT2D eigenvalue weighted by Gasteiger charge is 2.25. The molecule has 3 aromatic heterocycles. The Hall–Kier alpha value is -5.12. The molecule has 3 heterocycles. The first kappa shape index (κ1) is 26.1. The summed E-state index contributed by atoms with van der Waals surface area (Å²) in [6.07, 6.45) is 0. The molecule has 3 aromatic carbocycles. The number of nitrogens with one attached hydrogen (secondary N) is 1. The molecule has 1 atom stereocenters. The van der Waals surface area contributed by atoms with Crippen LogP contribution in [0.5, 0.6) is 0 Å². The summed E-state index contributed by atoms with van der Waals surface area (Å²) in [5, 5.41) is 14.8. The lowest BCUT2D eigenvalue weighted by atomic mass is 9.97. The predicted molar refractivity (Wildman–Crippen MR) is 158 cm³/mol. The third-order valence-electron chi connectivity index (χ3n) is 7.49. The van der Waals surface area contributed by atoms with Crippen LogP contribution in [0.3, 0.4) is 0 Å². The lowest BCUT2D eigenvalue weighted by Gasteiger charge is -2.17. The Labute approximate surface area is 235 Å². The SMILES string of the molecule is CC(C)c1nc2c(c(=O)n(C)c(=O)n2C(C)c2ccccc2)n1Cc1ccc(-c2ccccc2)c(-c2nn[nH]n2)c1. The molecule has 1 unspecified atom stereocenters. The molecule has 1 N–H and O–H groups in total. The normalized spacial score (nSPS) is 12.3. The third-order valence-corrected chi connectivity index (χ3v) is 7.49. The van der Waals surface area contributed by atoms with Crippen molar-refractivity contribution in [2.24, 2.45) is 7.05 Å². The molecule has 10 nitrogen and oxygen atoms in total. The third kappa shape index (κ3) is 4.57. The van der Waals surface area contributed by atoms with Gasteiger partial charge in [-0.2, -0.15) is 5.21 Å². The molecule has 206 valence electrons. The predicted octanol–water partition coefficient (Wildman–Crippen LogP) is 4.52. The summed E-state index contributed by atoms with van der Waals surface area (Å²) in [6, 6.07) is 25.6. The highest BCUT2D eigenvalue weighted by molar-refractivity contribution is 5.81. The van der Waals surface area contributed by atoms with E-state index in [1.165, 1.54) is 11.6 Å². The van der Waals surface area contributed by atoms with Crippen LogP contribution in [0, 0.1) is 0 Å².